The molecule has 0 amide bonds. The van der Waals surface area contributed by atoms with E-state index in [1.165, 1.54) is 49.8 Å². The SMILES string of the molecule is CC(C)(C)c1ccc(-c2ccccc2N(c2ccccc2)c2cc3c4c(c2)N(c2ccccc2-c2ccc(C(C)(C)C)cc2)c2ccccc2B4c2cc4c(cc2O3)N(c2c(-c3ccc(C(C)(C)C)cc3)cccc2-c2ccc(C(C)(C)C)cc2)c2cc(N(c3ccccc3)c3ccccc3-c3ccc(C(C)(C)C)cc3)cc3c2B4c2ccccc2N3c2ccccc2-c2ccc(C(C)(C)C)cc2)cc1. The van der Waals surface area contributed by atoms with Crippen molar-refractivity contribution in [2.24, 2.45) is 0 Å². The monoisotopic (exact) mass is 1810 g/mol. The van der Waals surface area contributed by atoms with Gasteiger partial charge in [-0.2, -0.15) is 0 Å². The standard InChI is InChI=1S/C132H121B2N5O/c1-127(2,3)92-68-56-86(57-69-92)102-42-25-31-50-112(102)135(98-38-21-19-22-39-98)100-80-119-124-120(81-100)139(126-106(90-64-76-96(77-65-90)131(13,14)15)46-37-47-107(126)91-66-78-97(79-67-91)132(16,17)18)118-85-122-111(84-110(118)133(124)108-48-29-35-54-116(108)137(119)114-52-33-27-44-104(114)88-60-72-94(73-61-88)129(7,8)9)134-109-49-30-36-55-117(109)138(115-53-34-28-45-105(115)89-62-74-95(75-63-89)130(10,11)12)121-82-101(83-123(140-122)125(121)134)136(99-40-23-20-24-41-99)113-51-32-26-43-103(113)87-58-70-93(71-59-87)128(4,5)6/h19-85H,1-18H3. The molecule has 4 heterocycles. The summed E-state index contributed by atoms with van der Waals surface area (Å²) >= 11 is 0. The Bertz CT molecular complexity index is 7720. The average molecular weight is 1820 g/mol. The van der Waals surface area contributed by atoms with E-state index in [9.17, 15) is 0 Å². The Hall–Kier alpha value is -15.1. The topological polar surface area (TPSA) is 25.4 Å². The lowest BCUT2D eigenvalue weighted by Crippen LogP contribution is -2.64. The highest BCUT2D eigenvalue weighted by Gasteiger charge is 2.50. The minimum atomic E-state index is -0.373. The maximum absolute atomic E-state index is 8.46. The van der Waals surface area contributed by atoms with Crippen LogP contribution in [0.4, 0.5) is 85.3 Å². The number of anilines is 15. The van der Waals surface area contributed by atoms with Gasteiger partial charge in [0.15, 0.2) is 0 Å². The van der Waals surface area contributed by atoms with Gasteiger partial charge in [-0.15, -0.1) is 0 Å². The van der Waals surface area contributed by atoms with Crippen LogP contribution in [0, 0.1) is 0 Å². The summed E-state index contributed by atoms with van der Waals surface area (Å²) in [5.74, 6) is 1.55. The van der Waals surface area contributed by atoms with Gasteiger partial charge in [-0.3, -0.25) is 0 Å². The third-order valence-corrected chi connectivity index (χ3v) is 29.5. The van der Waals surface area contributed by atoms with E-state index in [0.29, 0.717) is 0 Å². The van der Waals surface area contributed by atoms with Crippen molar-refractivity contribution >= 4 is 132 Å². The lowest BCUT2D eigenvalue weighted by atomic mass is 9.30. The van der Waals surface area contributed by atoms with Crippen molar-refractivity contribution in [3.05, 3.63) is 440 Å². The van der Waals surface area contributed by atoms with Crippen LogP contribution < -0.4 is 62.0 Å². The number of hydrogen-bond donors (Lipinski definition) is 0. The predicted molar refractivity (Wildman–Crippen MR) is 601 cm³/mol. The Morgan fingerprint density at radius 1 is 0.193 bits per heavy atom. The molecule has 18 aromatic carbocycles. The molecule has 0 spiro atoms. The van der Waals surface area contributed by atoms with Gasteiger partial charge >= 0.3 is 0 Å². The van der Waals surface area contributed by atoms with E-state index in [1.807, 2.05) is 0 Å². The van der Waals surface area contributed by atoms with Gasteiger partial charge in [0.05, 0.1) is 39.8 Å². The number of hydrogen-bond acceptors (Lipinski definition) is 6. The first-order valence-electron chi connectivity index (χ1n) is 49.9. The van der Waals surface area contributed by atoms with Gasteiger partial charge in [-0.1, -0.05) is 440 Å². The second-order valence-electron chi connectivity index (χ2n) is 44.9. The lowest BCUT2D eigenvalue weighted by molar-refractivity contribution is 0.488. The number of nitrogens with zero attached hydrogens (tertiary/aromatic N) is 5. The van der Waals surface area contributed by atoms with Crippen LogP contribution in [-0.4, -0.2) is 13.4 Å². The van der Waals surface area contributed by atoms with E-state index >= 15 is 0 Å². The molecule has 18 aromatic rings. The first kappa shape index (κ1) is 90.1. The van der Waals surface area contributed by atoms with Gasteiger partial charge < -0.3 is 29.2 Å². The summed E-state index contributed by atoms with van der Waals surface area (Å²) < 4.78 is 8.46. The summed E-state index contributed by atoms with van der Waals surface area (Å²) in [5, 5.41) is 0. The molecule has 0 saturated heterocycles. The minimum absolute atomic E-state index is 0.0377. The van der Waals surface area contributed by atoms with Crippen LogP contribution in [0.5, 0.6) is 11.5 Å². The van der Waals surface area contributed by atoms with Crippen LogP contribution in [0.3, 0.4) is 0 Å². The zero-order chi connectivity index (χ0) is 96.8. The Labute approximate surface area is 830 Å². The second kappa shape index (κ2) is 34.5. The van der Waals surface area contributed by atoms with Crippen LogP contribution in [0.15, 0.2) is 406 Å². The molecular formula is C132H121B2N5O. The summed E-state index contributed by atoms with van der Waals surface area (Å²) in [6.07, 6.45) is 0. The van der Waals surface area contributed by atoms with Gasteiger partial charge in [-0.05, 0) is 211 Å². The van der Waals surface area contributed by atoms with Crippen LogP contribution in [0.2, 0.25) is 0 Å². The molecule has 0 atom stereocenters. The van der Waals surface area contributed by atoms with Gasteiger partial charge in [-0.25, -0.2) is 0 Å². The first-order chi connectivity index (χ1) is 67.3. The zero-order valence-corrected chi connectivity index (χ0v) is 84.0. The molecule has 6 nitrogen and oxygen atoms in total. The summed E-state index contributed by atoms with van der Waals surface area (Å²) in [6, 6.07) is 155. The normalized spacial score (nSPS) is 13.2. The van der Waals surface area contributed by atoms with Crippen molar-refractivity contribution in [1.82, 2.24) is 0 Å². The van der Waals surface area contributed by atoms with Crippen molar-refractivity contribution in [3.8, 4) is 78.3 Å². The molecule has 0 unspecified atom stereocenters. The molecule has 0 saturated carbocycles. The van der Waals surface area contributed by atoms with Gasteiger partial charge in [0.1, 0.15) is 11.5 Å². The van der Waals surface area contributed by atoms with Crippen molar-refractivity contribution in [3.63, 3.8) is 0 Å². The molecule has 4 aliphatic heterocycles. The summed E-state index contributed by atoms with van der Waals surface area (Å²) in [7, 11) is 0. The number of ether oxygens (including phenoxy) is 1. The van der Waals surface area contributed by atoms with E-state index in [-0.39, 0.29) is 45.9 Å². The highest BCUT2D eigenvalue weighted by atomic mass is 16.5. The summed E-state index contributed by atoms with van der Waals surface area (Å²) in [4.78, 5) is 12.9. The number of rotatable bonds is 15. The molecule has 0 aromatic heterocycles. The quantitative estimate of drug-likeness (QED) is 0.0949. The van der Waals surface area contributed by atoms with Crippen LogP contribution in [-0.2, 0) is 32.5 Å². The van der Waals surface area contributed by atoms with Crippen LogP contribution >= 0.6 is 0 Å². The predicted octanol–water partition coefficient (Wildman–Crippen LogP) is 32.9. The molecule has 0 fully saturated rings. The Morgan fingerprint density at radius 3 is 0.850 bits per heavy atom. The lowest BCUT2D eigenvalue weighted by Gasteiger charge is -2.47. The Morgan fingerprint density at radius 2 is 0.479 bits per heavy atom. The van der Waals surface area contributed by atoms with Gasteiger partial charge in [0, 0.05) is 91.0 Å². The molecule has 4 aliphatic rings. The summed E-state index contributed by atoms with van der Waals surface area (Å²) in [6.45, 7) is 40.8. The van der Waals surface area contributed by atoms with Crippen molar-refractivity contribution in [1.29, 1.82) is 0 Å². The largest absolute Gasteiger partial charge is 0.458 e. The van der Waals surface area contributed by atoms with Gasteiger partial charge in [0.2, 0.25) is 0 Å². The third kappa shape index (κ3) is 16.1. The maximum Gasteiger partial charge on any atom is 0.256 e. The Kier molecular flexibility index (Phi) is 22.2. The molecule has 0 bridgehead atoms. The van der Waals surface area contributed by atoms with Crippen molar-refractivity contribution < 1.29 is 4.74 Å². The second-order valence-corrected chi connectivity index (χ2v) is 44.9. The highest BCUT2D eigenvalue weighted by molar-refractivity contribution is 7.02. The number of para-hydroxylation sites is 9. The zero-order valence-electron chi connectivity index (χ0n) is 84.0. The van der Waals surface area contributed by atoms with Crippen molar-refractivity contribution in [2.45, 2.75) is 157 Å². The summed E-state index contributed by atoms with van der Waals surface area (Å²) in [5.41, 5.74) is 43.1. The van der Waals surface area contributed by atoms with E-state index < -0.39 is 0 Å². The highest BCUT2D eigenvalue weighted by Crippen LogP contribution is 2.57. The van der Waals surface area contributed by atoms with Crippen LogP contribution in [0.1, 0.15) is 158 Å². The number of fused-ring (bicyclic) bond motifs is 8. The molecule has 0 aliphatic carbocycles. The molecule has 686 valence electrons. The van der Waals surface area contributed by atoms with E-state index in [4.69, 9.17) is 4.74 Å². The smallest absolute Gasteiger partial charge is 0.256 e. The molecular weight excluding hydrogens is 1690 g/mol. The minimum Gasteiger partial charge on any atom is -0.458 e. The fourth-order valence-corrected chi connectivity index (χ4v) is 21.9. The first-order valence-corrected chi connectivity index (χ1v) is 49.9. The molecule has 8 heteroatoms. The van der Waals surface area contributed by atoms with Crippen LogP contribution in [0.25, 0.3) is 66.8 Å². The van der Waals surface area contributed by atoms with Crippen molar-refractivity contribution in [2.75, 3.05) is 24.5 Å². The fraction of sp³-hybridized carbons (Fsp3) is 0.182. The number of benzene rings is 18. The maximum atomic E-state index is 8.46. The molecule has 22 rings (SSSR count). The van der Waals surface area contributed by atoms with E-state index in [2.05, 4.69) is 556 Å². The van der Waals surface area contributed by atoms with E-state index in [1.54, 1.807) is 0 Å². The molecule has 0 N–H and O–H groups in total. The van der Waals surface area contributed by atoms with Gasteiger partial charge in [0.25, 0.3) is 13.4 Å². The van der Waals surface area contributed by atoms with E-state index in [0.717, 1.165) is 180 Å². The molecule has 0 radical (unpaired) electrons. The Balaban J connectivity index is 0.871. The average Bonchev–Trinajstić information content (AvgIpc) is 0.679. The third-order valence-electron chi connectivity index (χ3n) is 29.5. The molecule has 140 heavy (non-hydrogen) atoms. The fourth-order valence-electron chi connectivity index (χ4n) is 21.9.